The van der Waals surface area contributed by atoms with Crippen molar-refractivity contribution in [1.29, 1.82) is 0 Å². The first kappa shape index (κ1) is 9.30. The lowest BCUT2D eigenvalue weighted by Gasteiger charge is -2.17. The van der Waals surface area contributed by atoms with E-state index < -0.39 is 0 Å². The summed E-state index contributed by atoms with van der Waals surface area (Å²) in [5, 5.41) is 0. The smallest absolute Gasteiger partial charge is 0.167 e. The van der Waals surface area contributed by atoms with Gasteiger partial charge >= 0.3 is 0 Å². The normalized spacial score (nSPS) is 17.8. The second-order valence-electron chi connectivity index (χ2n) is 3.40. The maximum atomic E-state index is 10.6. The number of Topliss-reactive ketones (excluding diaryl/α,β-unsaturated/α-hetero) is 1. The highest BCUT2D eigenvalue weighted by Crippen LogP contribution is 2.24. The number of ether oxygens (including phenoxy) is 1. The van der Waals surface area contributed by atoms with Crippen LogP contribution < -0.4 is 0 Å². The van der Waals surface area contributed by atoms with Crippen LogP contribution in [-0.4, -0.2) is 12.4 Å². The van der Waals surface area contributed by atoms with Crippen molar-refractivity contribution in [2.45, 2.75) is 39.5 Å². The van der Waals surface area contributed by atoms with Crippen molar-refractivity contribution in [3.63, 3.8) is 0 Å². The third-order valence-electron chi connectivity index (χ3n) is 2.13. The zero-order valence-electron chi connectivity index (χ0n) is 7.85. The molecule has 68 valence electrons. The van der Waals surface area contributed by atoms with E-state index in [1.54, 1.807) is 6.92 Å². The van der Waals surface area contributed by atoms with E-state index >= 15 is 0 Å². The number of allylic oxidation sites excluding steroid dienone is 2. The van der Waals surface area contributed by atoms with E-state index in [4.69, 9.17) is 4.74 Å². The van der Waals surface area contributed by atoms with E-state index in [0.717, 1.165) is 18.6 Å². The van der Waals surface area contributed by atoms with Crippen LogP contribution in [0.4, 0.5) is 0 Å². The molecule has 0 fully saturated rings. The molecular formula is C10H16O2. The first-order valence-corrected chi connectivity index (χ1v) is 4.51. The molecule has 12 heavy (non-hydrogen) atoms. The minimum Gasteiger partial charge on any atom is -0.490 e. The second kappa shape index (κ2) is 4.29. The fourth-order valence-electron chi connectivity index (χ4n) is 1.41. The molecule has 0 aromatic rings. The second-order valence-corrected chi connectivity index (χ2v) is 3.40. The van der Waals surface area contributed by atoms with Crippen LogP contribution in [0.5, 0.6) is 0 Å². The Labute approximate surface area is 73.6 Å². The Kier molecular flexibility index (Phi) is 3.32. The highest BCUT2D eigenvalue weighted by Gasteiger charge is 2.10. The highest BCUT2D eigenvalue weighted by atomic mass is 16.5. The molecule has 0 radical (unpaired) electrons. The first-order valence-electron chi connectivity index (χ1n) is 4.51. The van der Waals surface area contributed by atoms with Crippen LogP contribution in [0.3, 0.4) is 0 Å². The Hall–Kier alpha value is -0.790. The van der Waals surface area contributed by atoms with E-state index in [-0.39, 0.29) is 12.4 Å². The third kappa shape index (κ3) is 2.68. The van der Waals surface area contributed by atoms with Crippen molar-refractivity contribution in [3.8, 4) is 0 Å². The Morgan fingerprint density at radius 1 is 1.42 bits per heavy atom. The molecule has 2 nitrogen and oxygen atoms in total. The number of ketones is 1. The van der Waals surface area contributed by atoms with Gasteiger partial charge in [-0.15, -0.1) is 0 Å². The summed E-state index contributed by atoms with van der Waals surface area (Å²) in [5.41, 5.74) is 1.32. The van der Waals surface area contributed by atoms with Crippen LogP contribution in [-0.2, 0) is 9.53 Å². The standard InChI is InChI=1S/C10H16O2/c1-8-5-3-4-6-10(8)12-7-9(2)11/h3-7H2,1-2H3. The van der Waals surface area contributed by atoms with Gasteiger partial charge in [0, 0.05) is 6.42 Å². The zero-order valence-corrected chi connectivity index (χ0v) is 7.85. The number of hydrogen-bond acceptors (Lipinski definition) is 2. The van der Waals surface area contributed by atoms with Crippen LogP contribution in [0.1, 0.15) is 39.5 Å². The lowest BCUT2D eigenvalue weighted by Crippen LogP contribution is -2.07. The van der Waals surface area contributed by atoms with Gasteiger partial charge in [-0.05, 0) is 38.7 Å². The summed E-state index contributed by atoms with van der Waals surface area (Å²) in [6.07, 6.45) is 4.61. The summed E-state index contributed by atoms with van der Waals surface area (Å²) in [6.45, 7) is 3.89. The highest BCUT2D eigenvalue weighted by molar-refractivity contribution is 5.76. The number of carbonyl (C=O) groups excluding carboxylic acids is 1. The average molecular weight is 168 g/mol. The fraction of sp³-hybridized carbons (Fsp3) is 0.700. The molecule has 0 heterocycles. The van der Waals surface area contributed by atoms with Gasteiger partial charge in [0.05, 0.1) is 5.76 Å². The van der Waals surface area contributed by atoms with Gasteiger partial charge in [-0.1, -0.05) is 0 Å². The lowest BCUT2D eigenvalue weighted by molar-refractivity contribution is -0.120. The zero-order chi connectivity index (χ0) is 8.97. The molecule has 0 saturated heterocycles. The quantitative estimate of drug-likeness (QED) is 0.647. The van der Waals surface area contributed by atoms with Crippen LogP contribution >= 0.6 is 0 Å². The van der Waals surface area contributed by atoms with Crippen molar-refractivity contribution >= 4 is 5.78 Å². The van der Waals surface area contributed by atoms with Crippen LogP contribution in [0, 0.1) is 0 Å². The number of hydrogen-bond donors (Lipinski definition) is 0. The SMILES string of the molecule is CC(=O)COC1=C(C)CCCC1. The maximum absolute atomic E-state index is 10.6. The molecule has 0 N–H and O–H groups in total. The van der Waals surface area contributed by atoms with Gasteiger partial charge in [0.1, 0.15) is 6.61 Å². The predicted molar refractivity (Wildman–Crippen MR) is 47.8 cm³/mol. The Morgan fingerprint density at radius 3 is 2.67 bits per heavy atom. The van der Waals surface area contributed by atoms with Gasteiger partial charge in [-0.3, -0.25) is 4.79 Å². The fourth-order valence-corrected chi connectivity index (χ4v) is 1.41. The minimum atomic E-state index is 0.0980. The summed E-state index contributed by atoms with van der Waals surface area (Å²) >= 11 is 0. The molecule has 0 atom stereocenters. The van der Waals surface area contributed by atoms with E-state index in [2.05, 4.69) is 6.92 Å². The average Bonchev–Trinajstić information content (AvgIpc) is 2.03. The predicted octanol–water partition coefficient (Wildman–Crippen LogP) is 2.44. The topological polar surface area (TPSA) is 26.3 Å². The van der Waals surface area contributed by atoms with Gasteiger partial charge in [-0.25, -0.2) is 0 Å². The molecule has 0 bridgehead atoms. The molecule has 1 rings (SSSR count). The van der Waals surface area contributed by atoms with E-state index in [1.807, 2.05) is 0 Å². The molecule has 0 aliphatic heterocycles. The van der Waals surface area contributed by atoms with E-state index in [9.17, 15) is 4.79 Å². The van der Waals surface area contributed by atoms with Crippen molar-refractivity contribution in [3.05, 3.63) is 11.3 Å². The number of carbonyl (C=O) groups is 1. The molecule has 0 aromatic carbocycles. The molecule has 0 amide bonds. The molecule has 1 aliphatic carbocycles. The van der Waals surface area contributed by atoms with Crippen LogP contribution in [0.15, 0.2) is 11.3 Å². The summed E-state index contributed by atoms with van der Waals surface area (Å²) in [4.78, 5) is 10.6. The molecule has 2 heteroatoms. The van der Waals surface area contributed by atoms with E-state index in [1.165, 1.54) is 18.4 Å². The molecule has 0 aromatic heterocycles. The number of rotatable bonds is 3. The largest absolute Gasteiger partial charge is 0.490 e. The molecule has 0 saturated carbocycles. The Morgan fingerprint density at radius 2 is 2.08 bits per heavy atom. The minimum absolute atomic E-state index is 0.0980. The summed E-state index contributed by atoms with van der Waals surface area (Å²) < 4.78 is 5.39. The first-order chi connectivity index (χ1) is 5.70. The van der Waals surface area contributed by atoms with Gasteiger partial charge in [0.15, 0.2) is 5.78 Å². The molecule has 0 spiro atoms. The van der Waals surface area contributed by atoms with Gasteiger partial charge in [0.2, 0.25) is 0 Å². The molecule has 1 aliphatic rings. The van der Waals surface area contributed by atoms with Gasteiger partial charge in [-0.2, -0.15) is 0 Å². The lowest BCUT2D eigenvalue weighted by atomic mass is 9.99. The maximum Gasteiger partial charge on any atom is 0.167 e. The molecular weight excluding hydrogens is 152 g/mol. The Bertz CT molecular complexity index is 204. The Balaban J connectivity index is 2.43. The monoisotopic (exact) mass is 168 g/mol. The summed E-state index contributed by atoms with van der Waals surface area (Å²) in [5.74, 6) is 1.15. The van der Waals surface area contributed by atoms with Gasteiger partial charge in [0.25, 0.3) is 0 Å². The summed E-state index contributed by atoms with van der Waals surface area (Å²) in [6, 6.07) is 0. The van der Waals surface area contributed by atoms with Crippen LogP contribution in [0.2, 0.25) is 0 Å². The van der Waals surface area contributed by atoms with Gasteiger partial charge < -0.3 is 4.74 Å². The summed E-state index contributed by atoms with van der Waals surface area (Å²) in [7, 11) is 0. The van der Waals surface area contributed by atoms with Crippen molar-refractivity contribution < 1.29 is 9.53 Å². The van der Waals surface area contributed by atoms with E-state index in [0.29, 0.717) is 0 Å². The third-order valence-corrected chi connectivity index (χ3v) is 2.13. The van der Waals surface area contributed by atoms with Crippen molar-refractivity contribution in [2.24, 2.45) is 0 Å². The van der Waals surface area contributed by atoms with Crippen molar-refractivity contribution in [2.75, 3.05) is 6.61 Å². The van der Waals surface area contributed by atoms with Crippen molar-refractivity contribution in [1.82, 2.24) is 0 Å². The molecule has 0 unspecified atom stereocenters. The van der Waals surface area contributed by atoms with Crippen LogP contribution in [0.25, 0.3) is 0 Å².